The summed E-state index contributed by atoms with van der Waals surface area (Å²) in [5.41, 5.74) is 1.91. The molecule has 0 heterocycles. The van der Waals surface area contributed by atoms with Gasteiger partial charge < -0.3 is 5.11 Å². The summed E-state index contributed by atoms with van der Waals surface area (Å²) in [6, 6.07) is 0. The third-order valence-electron chi connectivity index (χ3n) is 12.4. The van der Waals surface area contributed by atoms with Gasteiger partial charge in [-0.3, -0.25) is 4.79 Å². The van der Waals surface area contributed by atoms with E-state index in [1.807, 2.05) is 0 Å². The van der Waals surface area contributed by atoms with E-state index in [1.54, 1.807) is 0 Å². The molecular formula is C27H44O2. The van der Waals surface area contributed by atoms with Gasteiger partial charge in [0, 0.05) is 18.4 Å². The summed E-state index contributed by atoms with van der Waals surface area (Å²) in [5.74, 6) is 3.62. The van der Waals surface area contributed by atoms with Gasteiger partial charge in [0.1, 0.15) is 5.78 Å². The van der Waals surface area contributed by atoms with Crippen molar-refractivity contribution in [2.75, 3.05) is 6.61 Å². The van der Waals surface area contributed by atoms with Crippen molar-refractivity contribution in [1.29, 1.82) is 0 Å². The molecule has 0 aromatic heterocycles. The molecule has 2 nitrogen and oxygen atoms in total. The maximum Gasteiger partial charge on any atom is 0.138 e. The maximum atomic E-state index is 12.8. The predicted molar refractivity (Wildman–Crippen MR) is 117 cm³/mol. The van der Waals surface area contributed by atoms with E-state index in [1.165, 1.54) is 57.8 Å². The number of aliphatic hydroxyl groups is 1. The van der Waals surface area contributed by atoms with Gasteiger partial charge in [0.25, 0.3) is 0 Å². The van der Waals surface area contributed by atoms with Crippen LogP contribution in [-0.4, -0.2) is 17.5 Å². The molecule has 0 unspecified atom stereocenters. The van der Waals surface area contributed by atoms with Crippen molar-refractivity contribution in [3.8, 4) is 0 Å². The van der Waals surface area contributed by atoms with E-state index in [9.17, 15) is 9.90 Å². The van der Waals surface area contributed by atoms with Gasteiger partial charge >= 0.3 is 0 Å². The van der Waals surface area contributed by atoms with Crippen molar-refractivity contribution < 1.29 is 9.90 Å². The van der Waals surface area contributed by atoms with Crippen LogP contribution in [0.1, 0.15) is 105 Å². The van der Waals surface area contributed by atoms with Crippen molar-refractivity contribution >= 4 is 5.78 Å². The average molecular weight is 401 g/mol. The number of aliphatic hydroxyl groups excluding tert-OH is 1. The van der Waals surface area contributed by atoms with Crippen molar-refractivity contribution in [3.63, 3.8) is 0 Å². The molecule has 5 rings (SSSR count). The normalized spacial score (nSPS) is 53.4. The molecule has 0 aromatic rings. The van der Waals surface area contributed by atoms with Gasteiger partial charge in [-0.15, -0.1) is 0 Å². The van der Waals surface area contributed by atoms with Crippen molar-refractivity contribution in [3.05, 3.63) is 0 Å². The van der Waals surface area contributed by atoms with E-state index in [0.29, 0.717) is 40.0 Å². The van der Waals surface area contributed by atoms with E-state index in [-0.39, 0.29) is 5.41 Å². The Bertz CT molecular complexity index is 711. The molecule has 29 heavy (non-hydrogen) atoms. The van der Waals surface area contributed by atoms with Crippen LogP contribution in [0, 0.1) is 50.7 Å². The van der Waals surface area contributed by atoms with Crippen LogP contribution in [0.3, 0.4) is 0 Å². The highest BCUT2D eigenvalue weighted by atomic mass is 16.2. The number of hydrogen-bond donors (Lipinski definition) is 1. The summed E-state index contributed by atoms with van der Waals surface area (Å²) < 4.78 is 0. The van der Waals surface area contributed by atoms with E-state index in [4.69, 9.17) is 0 Å². The van der Waals surface area contributed by atoms with Crippen LogP contribution in [-0.2, 0) is 4.79 Å². The summed E-state index contributed by atoms with van der Waals surface area (Å²) in [7, 11) is 0. The standard InChI is InChI=1S/C27H44O2/c1-18(7-6-16-28)19-10-12-25(5)21-9-8-20-23(2,3)22(29)11-13-26(20)17-27(21,26)15-14-24(19,25)4/h18-21,28H,6-17H2,1-5H3/t18-,19-,20+,21-,24-,25+,26-,27+/m1/s1. The Balaban J connectivity index is 1.46. The number of ketones is 1. The lowest BCUT2D eigenvalue weighted by atomic mass is 9.42. The minimum atomic E-state index is -0.0919. The lowest BCUT2D eigenvalue weighted by Gasteiger charge is -2.62. The summed E-state index contributed by atoms with van der Waals surface area (Å²) in [6.07, 6.45) is 13.9. The van der Waals surface area contributed by atoms with Gasteiger partial charge in [0.2, 0.25) is 0 Å². The van der Waals surface area contributed by atoms with Gasteiger partial charge in [-0.1, -0.05) is 34.6 Å². The highest BCUT2D eigenvalue weighted by Crippen LogP contribution is 2.88. The number of rotatable bonds is 4. The van der Waals surface area contributed by atoms with Crippen molar-refractivity contribution in [1.82, 2.24) is 0 Å². The van der Waals surface area contributed by atoms with Gasteiger partial charge in [-0.05, 0) is 110 Å². The third kappa shape index (κ3) is 2.26. The second-order valence-electron chi connectivity index (χ2n) is 13.1. The molecule has 0 radical (unpaired) electrons. The van der Waals surface area contributed by atoms with Crippen LogP contribution >= 0.6 is 0 Å². The smallest absolute Gasteiger partial charge is 0.138 e. The number of carbonyl (C=O) groups is 1. The van der Waals surface area contributed by atoms with Crippen LogP contribution < -0.4 is 0 Å². The quantitative estimate of drug-likeness (QED) is 0.592. The van der Waals surface area contributed by atoms with Crippen molar-refractivity contribution in [2.45, 2.75) is 105 Å². The zero-order chi connectivity index (χ0) is 20.9. The summed E-state index contributed by atoms with van der Waals surface area (Å²) in [5, 5.41) is 9.35. The summed E-state index contributed by atoms with van der Waals surface area (Å²) >= 11 is 0. The molecule has 0 saturated heterocycles. The minimum Gasteiger partial charge on any atom is -0.396 e. The first-order chi connectivity index (χ1) is 13.6. The zero-order valence-electron chi connectivity index (χ0n) is 19.7. The fourth-order valence-corrected chi connectivity index (χ4v) is 10.7. The van der Waals surface area contributed by atoms with Crippen molar-refractivity contribution in [2.24, 2.45) is 50.7 Å². The fraction of sp³-hybridized carbons (Fsp3) is 0.963. The average Bonchev–Trinajstić information content (AvgIpc) is 3.26. The number of carbonyl (C=O) groups excluding carboxylic acids is 1. The number of Topliss-reactive ketones (excluding diaryl/α,β-unsaturated/α-hetero) is 1. The second-order valence-corrected chi connectivity index (χ2v) is 13.1. The van der Waals surface area contributed by atoms with Crippen LogP contribution in [0.4, 0.5) is 0 Å². The van der Waals surface area contributed by atoms with Crippen LogP contribution in [0.15, 0.2) is 0 Å². The van der Waals surface area contributed by atoms with E-state index < -0.39 is 0 Å². The third-order valence-corrected chi connectivity index (χ3v) is 12.4. The largest absolute Gasteiger partial charge is 0.396 e. The minimum absolute atomic E-state index is 0.0919. The van der Waals surface area contributed by atoms with Crippen LogP contribution in [0.2, 0.25) is 0 Å². The first-order valence-corrected chi connectivity index (χ1v) is 12.7. The molecule has 5 aliphatic carbocycles. The second kappa shape index (κ2) is 6.11. The van der Waals surface area contributed by atoms with Gasteiger partial charge in [-0.2, -0.15) is 0 Å². The molecule has 0 aromatic carbocycles. The topological polar surface area (TPSA) is 37.3 Å². The van der Waals surface area contributed by atoms with Crippen LogP contribution in [0.25, 0.3) is 0 Å². The Hall–Kier alpha value is -0.370. The Morgan fingerprint density at radius 2 is 1.62 bits per heavy atom. The molecule has 164 valence electrons. The van der Waals surface area contributed by atoms with E-state index in [2.05, 4.69) is 34.6 Å². The van der Waals surface area contributed by atoms with Gasteiger partial charge in [0.15, 0.2) is 0 Å². The first kappa shape index (κ1) is 20.5. The molecule has 5 saturated carbocycles. The van der Waals surface area contributed by atoms with E-state index >= 15 is 0 Å². The molecule has 1 N–H and O–H groups in total. The lowest BCUT2D eigenvalue weighted by molar-refractivity contribution is -0.157. The SMILES string of the molecule is C[C@H](CCCO)[C@H]1CC[C@@]2(C)[C@H]3CC[C@H]4C(C)(C)C(=O)CC[C@@]45C[C@@]35CC[C@]12C. The molecule has 2 spiro atoms. The number of fused-ring (bicyclic) bond motifs is 2. The van der Waals surface area contributed by atoms with Gasteiger partial charge in [0.05, 0.1) is 0 Å². The Morgan fingerprint density at radius 1 is 0.931 bits per heavy atom. The molecule has 2 heteroatoms. The molecule has 5 aliphatic rings. The summed E-state index contributed by atoms with van der Waals surface area (Å²) in [4.78, 5) is 12.8. The first-order valence-electron chi connectivity index (χ1n) is 12.7. The van der Waals surface area contributed by atoms with Gasteiger partial charge in [-0.25, -0.2) is 0 Å². The molecule has 0 amide bonds. The molecular weight excluding hydrogens is 356 g/mol. The molecule has 5 fully saturated rings. The Labute approximate surface area is 178 Å². The van der Waals surface area contributed by atoms with Crippen LogP contribution in [0.5, 0.6) is 0 Å². The monoisotopic (exact) mass is 400 g/mol. The zero-order valence-corrected chi connectivity index (χ0v) is 19.7. The number of hydrogen-bond acceptors (Lipinski definition) is 2. The highest BCUT2D eigenvalue weighted by molar-refractivity contribution is 5.86. The molecule has 0 bridgehead atoms. The summed E-state index contributed by atoms with van der Waals surface area (Å²) in [6.45, 7) is 12.7. The maximum absolute atomic E-state index is 12.8. The molecule has 8 atom stereocenters. The Morgan fingerprint density at radius 3 is 2.34 bits per heavy atom. The fourth-order valence-electron chi connectivity index (χ4n) is 10.7. The molecule has 0 aliphatic heterocycles. The highest BCUT2D eigenvalue weighted by Gasteiger charge is 2.82. The Kier molecular flexibility index (Phi) is 4.32. The van der Waals surface area contributed by atoms with E-state index in [0.717, 1.165) is 30.6 Å². The lowest BCUT2D eigenvalue weighted by Crippen LogP contribution is -2.57. The predicted octanol–water partition coefficient (Wildman–Crippen LogP) is 6.40.